The van der Waals surface area contributed by atoms with E-state index in [9.17, 15) is 14.3 Å². The van der Waals surface area contributed by atoms with Crippen LogP contribution in [-0.2, 0) is 0 Å². The van der Waals surface area contributed by atoms with E-state index in [2.05, 4.69) is 5.32 Å². The third-order valence-electron chi connectivity index (χ3n) is 4.22. The highest BCUT2D eigenvalue weighted by Gasteiger charge is 2.45. The molecule has 0 aliphatic carbocycles. The molecule has 2 heterocycles. The summed E-state index contributed by atoms with van der Waals surface area (Å²) in [5.41, 5.74) is -0.207. The number of amides is 1. The first kappa shape index (κ1) is 12.4. The Hall–Kier alpha value is -1.62. The van der Waals surface area contributed by atoms with Crippen LogP contribution in [0.5, 0.6) is 5.75 Å². The number of carbonyl (C=O) groups excluding carboxylic acids is 1. The number of hydrogen-bond acceptors (Lipinski definition) is 3. The summed E-state index contributed by atoms with van der Waals surface area (Å²) < 4.78 is 13.8. The SMILES string of the molecule is CC1CC2CNCC2N1C(=O)c1c(O)cccc1F. The third-order valence-corrected chi connectivity index (χ3v) is 4.22. The summed E-state index contributed by atoms with van der Waals surface area (Å²) in [6.07, 6.45) is 0.929. The van der Waals surface area contributed by atoms with Crippen molar-refractivity contribution in [3.8, 4) is 5.75 Å². The summed E-state index contributed by atoms with van der Waals surface area (Å²) in [4.78, 5) is 14.3. The van der Waals surface area contributed by atoms with Crippen LogP contribution < -0.4 is 5.32 Å². The Bertz CT molecular complexity index is 500. The highest BCUT2D eigenvalue weighted by Crippen LogP contribution is 2.35. The number of halogens is 1. The van der Waals surface area contributed by atoms with Gasteiger partial charge in [-0.25, -0.2) is 4.39 Å². The summed E-state index contributed by atoms with van der Waals surface area (Å²) in [5, 5.41) is 13.0. The van der Waals surface area contributed by atoms with Crippen molar-refractivity contribution in [1.29, 1.82) is 0 Å². The molecule has 2 aliphatic heterocycles. The largest absolute Gasteiger partial charge is 0.507 e. The molecule has 0 aromatic heterocycles. The van der Waals surface area contributed by atoms with Crippen molar-refractivity contribution in [3.05, 3.63) is 29.6 Å². The summed E-state index contributed by atoms with van der Waals surface area (Å²) in [7, 11) is 0. The topological polar surface area (TPSA) is 52.6 Å². The number of nitrogens with one attached hydrogen (secondary N) is 1. The molecule has 102 valence electrons. The number of aromatic hydroxyl groups is 1. The number of benzene rings is 1. The van der Waals surface area contributed by atoms with Crippen LogP contribution in [0.25, 0.3) is 0 Å². The zero-order valence-electron chi connectivity index (χ0n) is 10.8. The molecule has 0 bridgehead atoms. The molecule has 2 aliphatic rings. The van der Waals surface area contributed by atoms with Crippen molar-refractivity contribution < 1.29 is 14.3 Å². The van der Waals surface area contributed by atoms with Gasteiger partial charge in [0.15, 0.2) is 0 Å². The fraction of sp³-hybridized carbons (Fsp3) is 0.500. The van der Waals surface area contributed by atoms with Crippen LogP contribution in [0.3, 0.4) is 0 Å². The van der Waals surface area contributed by atoms with Crippen LogP contribution >= 0.6 is 0 Å². The minimum Gasteiger partial charge on any atom is -0.507 e. The van der Waals surface area contributed by atoms with Crippen molar-refractivity contribution in [2.24, 2.45) is 5.92 Å². The molecule has 2 fully saturated rings. The maximum atomic E-state index is 13.8. The number of carbonyl (C=O) groups is 1. The van der Waals surface area contributed by atoms with Gasteiger partial charge in [0.25, 0.3) is 5.91 Å². The van der Waals surface area contributed by atoms with E-state index in [1.807, 2.05) is 6.92 Å². The van der Waals surface area contributed by atoms with Gasteiger partial charge in [0.2, 0.25) is 0 Å². The number of phenols is 1. The van der Waals surface area contributed by atoms with Crippen LogP contribution in [0.15, 0.2) is 18.2 Å². The molecule has 0 spiro atoms. The van der Waals surface area contributed by atoms with E-state index in [0.29, 0.717) is 5.92 Å². The first-order valence-electron chi connectivity index (χ1n) is 6.60. The Morgan fingerprint density at radius 1 is 1.47 bits per heavy atom. The highest BCUT2D eigenvalue weighted by atomic mass is 19.1. The predicted octanol–water partition coefficient (Wildman–Crippen LogP) is 1.35. The molecule has 3 atom stereocenters. The second kappa shape index (κ2) is 4.49. The van der Waals surface area contributed by atoms with E-state index in [1.165, 1.54) is 18.2 Å². The lowest BCUT2D eigenvalue weighted by Crippen LogP contribution is -2.43. The molecule has 3 unspecified atom stereocenters. The Kier molecular flexibility index (Phi) is 2.93. The molecule has 0 radical (unpaired) electrons. The molecular weight excluding hydrogens is 247 g/mol. The first-order chi connectivity index (χ1) is 9.09. The summed E-state index contributed by atoms with van der Waals surface area (Å²) in [6, 6.07) is 4.15. The Morgan fingerprint density at radius 2 is 2.26 bits per heavy atom. The van der Waals surface area contributed by atoms with Crippen molar-refractivity contribution in [3.63, 3.8) is 0 Å². The molecule has 2 saturated heterocycles. The lowest BCUT2D eigenvalue weighted by molar-refractivity contribution is 0.0674. The zero-order valence-corrected chi connectivity index (χ0v) is 10.8. The molecule has 5 heteroatoms. The van der Waals surface area contributed by atoms with Gasteiger partial charge >= 0.3 is 0 Å². The van der Waals surface area contributed by atoms with Gasteiger partial charge in [-0.3, -0.25) is 4.79 Å². The number of phenolic OH excluding ortho intramolecular Hbond substituents is 1. The van der Waals surface area contributed by atoms with Crippen molar-refractivity contribution in [1.82, 2.24) is 10.2 Å². The Balaban J connectivity index is 1.95. The van der Waals surface area contributed by atoms with E-state index in [-0.39, 0.29) is 23.4 Å². The average molecular weight is 264 g/mol. The maximum Gasteiger partial charge on any atom is 0.261 e. The van der Waals surface area contributed by atoms with E-state index in [1.54, 1.807) is 4.90 Å². The lowest BCUT2D eigenvalue weighted by Gasteiger charge is -2.28. The van der Waals surface area contributed by atoms with Gasteiger partial charge < -0.3 is 15.3 Å². The summed E-state index contributed by atoms with van der Waals surface area (Å²) >= 11 is 0. The molecule has 2 N–H and O–H groups in total. The van der Waals surface area contributed by atoms with Crippen LogP contribution in [-0.4, -0.2) is 41.1 Å². The number of rotatable bonds is 1. The molecular formula is C14H17FN2O2. The monoisotopic (exact) mass is 264 g/mol. The molecule has 4 nitrogen and oxygen atoms in total. The van der Waals surface area contributed by atoms with Crippen molar-refractivity contribution >= 4 is 5.91 Å². The smallest absolute Gasteiger partial charge is 0.261 e. The molecule has 1 aromatic rings. The van der Waals surface area contributed by atoms with Crippen LogP contribution in [0.1, 0.15) is 23.7 Å². The number of hydrogen-bond donors (Lipinski definition) is 2. The molecule has 0 saturated carbocycles. The number of likely N-dealkylation sites (tertiary alicyclic amines) is 1. The van der Waals surface area contributed by atoms with E-state index in [0.717, 1.165) is 19.5 Å². The van der Waals surface area contributed by atoms with Gasteiger partial charge in [0.1, 0.15) is 17.1 Å². The number of fused-ring (bicyclic) bond motifs is 1. The average Bonchev–Trinajstić information content (AvgIpc) is 2.87. The quantitative estimate of drug-likeness (QED) is 0.805. The van der Waals surface area contributed by atoms with Gasteiger partial charge in [-0.2, -0.15) is 0 Å². The Labute approximate surface area is 111 Å². The predicted molar refractivity (Wildman–Crippen MR) is 68.5 cm³/mol. The summed E-state index contributed by atoms with van der Waals surface area (Å²) in [5.74, 6) is -0.912. The van der Waals surface area contributed by atoms with Gasteiger partial charge in [0.05, 0.1) is 0 Å². The second-order valence-electron chi connectivity index (χ2n) is 5.42. The van der Waals surface area contributed by atoms with Crippen molar-refractivity contribution in [2.75, 3.05) is 13.1 Å². The highest BCUT2D eigenvalue weighted by molar-refractivity contribution is 5.97. The van der Waals surface area contributed by atoms with E-state index in [4.69, 9.17) is 0 Å². The van der Waals surface area contributed by atoms with Crippen LogP contribution in [0.2, 0.25) is 0 Å². The zero-order chi connectivity index (χ0) is 13.6. The number of nitrogens with zero attached hydrogens (tertiary/aromatic N) is 1. The second-order valence-corrected chi connectivity index (χ2v) is 5.42. The van der Waals surface area contributed by atoms with Gasteiger partial charge in [0, 0.05) is 25.2 Å². The molecule has 19 heavy (non-hydrogen) atoms. The fourth-order valence-corrected chi connectivity index (χ4v) is 3.37. The minimum absolute atomic E-state index is 0.0867. The first-order valence-corrected chi connectivity index (χ1v) is 6.60. The maximum absolute atomic E-state index is 13.8. The van der Waals surface area contributed by atoms with Gasteiger partial charge in [-0.1, -0.05) is 6.07 Å². The van der Waals surface area contributed by atoms with Gasteiger partial charge in [-0.05, 0) is 31.4 Å². The van der Waals surface area contributed by atoms with E-state index >= 15 is 0 Å². The minimum atomic E-state index is -0.661. The normalized spacial score (nSPS) is 29.6. The van der Waals surface area contributed by atoms with Crippen LogP contribution in [0, 0.1) is 11.7 Å². The standard InChI is InChI=1S/C14H17FN2O2/c1-8-5-9-6-16-7-11(9)17(8)14(19)13-10(15)3-2-4-12(13)18/h2-4,8-9,11,16,18H,5-7H2,1H3. The van der Waals surface area contributed by atoms with Gasteiger partial charge in [-0.15, -0.1) is 0 Å². The van der Waals surface area contributed by atoms with Crippen LogP contribution in [0.4, 0.5) is 4.39 Å². The fourth-order valence-electron chi connectivity index (χ4n) is 3.37. The van der Waals surface area contributed by atoms with E-state index < -0.39 is 11.7 Å². The lowest BCUT2D eigenvalue weighted by atomic mass is 10.0. The molecule has 1 amide bonds. The molecule has 3 rings (SSSR count). The third kappa shape index (κ3) is 1.89. The summed E-state index contributed by atoms with van der Waals surface area (Å²) in [6.45, 7) is 3.63. The Morgan fingerprint density at radius 3 is 3.00 bits per heavy atom. The molecule has 1 aromatic carbocycles. The van der Waals surface area contributed by atoms with Crippen molar-refractivity contribution in [2.45, 2.75) is 25.4 Å².